The van der Waals surface area contributed by atoms with Gasteiger partial charge in [-0.25, -0.2) is 4.98 Å². The molecule has 1 aromatic rings. The lowest BCUT2D eigenvalue weighted by Crippen LogP contribution is -2.54. The molecule has 5 nitrogen and oxygen atoms in total. The van der Waals surface area contributed by atoms with Gasteiger partial charge in [-0.3, -0.25) is 9.69 Å². The quantitative estimate of drug-likeness (QED) is 0.874. The Morgan fingerprint density at radius 3 is 3.12 bits per heavy atom. The van der Waals surface area contributed by atoms with E-state index in [9.17, 15) is 4.79 Å². The molecule has 2 rings (SSSR count). The van der Waals surface area contributed by atoms with Crippen molar-refractivity contribution in [2.24, 2.45) is 0 Å². The van der Waals surface area contributed by atoms with Crippen molar-refractivity contribution in [3.8, 4) is 0 Å². The zero-order chi connectivity index (χ0) is 11.5. The van der Waals surface area contributed by atoms with Gasteiger partial charge in [0.25, 0.3) is 0 Å². The van der Waals surface area contributed by atoms with Crippen LogP contribution in [-0.4, -0.2) is 46.6 Å². The first-order valence-electron chi connectivity index (χ1n) is 4.94. The van der Waals surface area contributed by atoms with E-state index in [0.29, 0.717) is 17.6 Å². The van der Waals surface area contributed by atoms with Crippen LogP contribution in [0.25, 0.3) is 0 Å². The molecule has 1 saturated heterocycles. The molecule has 0 aromatic carbocycles. The number of nitrogens with zero attached hydrogens (tertiary/aromatic N) is 2. The molecule has 1 unspecified atom stereocenters. The average molecular weight is 298 g/mol. The lowest BCUT2D eigenvalue weighted by atomic mass is 10.2. The third-order valence-corrected chi connectivity index (χ3v) is 3.62. The minimum absolute atomic E-state index is 0. The van der Waals surface area contributed by atoms with Crippen LogP contribution in [0, 0.1) is 0 Å². The number of rotatable bonds is 3. The Labute approximate surface area is 114 Å². The Bertz CT molecular complexity index is 388. The molecule has 0 bridgehead atoms. The highest BCUT2D eigenvalue weighted by Gasteiger charge is 2.28. The second kappa shape index (κ2) is 6.51. The van der Waals surface area contributed by atoms with Crippen molar-refractivity contribution in [2.45, 2.75) is 12.6 Å². The zero-order valence-electron chi connectivity index (χ0n) is 8.93. The van der Waals surface area contributed by atoms with E-state index in [4.69, 9.17) is 16.7 Å². The van der Waals surface area contributed by atoms with Crippen molar-refractivity contribution in [3.05, 3.63) is 15.5 Å². The summed E-state index contributed by atoms with van der Waals surface area (Å²) in [5.41, 5.74) is 0. The van der Waals surface area contributed by atoms with E-state index in [1.165, 1.54) is 11.3 Å². The largest absolute Gasteiger partial charge is 0.480 e. The normalized spacial score (nSPS) is 20.9. The van der Waals surface area contributed by atoms with E-state index >= 15 is 0 Å². The summed E-state index contributed by atoms with van der Waals surface area (Å²) in [5.74, 6) is -0.789. The maximum absolute atomic E-state index is 11.0. The molecule has 1 aliphatic rings. The summed E-state index contributed by atoms with van der Waals surface area (Å²) < 4.78 is 0.497. The summed E-state index contributed by atoms with van der Waals surface area (Å²) in [6.07, 6.45) is 1.70. The molecule has 2 N–H and O–H groups in total. The van der Waals surface area contributed by atoms with Crippen LogP contribution in [-0.2, 0) is 11.3 Å². The van der Waals surface area contributed by atoms with E-state index in [1.54, 1.807) is 6.20 Å². The summed E-state index contributed by atoms with van der Waals surface area (Å²) in [5, 5.41) is 12.1. The van der Waals surface area contributed by atoms with Crippen LogP contribution in [0.1, 0.15) is 4.88 Å². The number of piperazine rings is 1. The predicted octanol–water partition coefficient (Wildman–Crippen LogP) is 1.08. The first kappa shape index (κ1) is 14.7. The van der Waals surface area contributed by atoms with Crippen molar-refractivity contribution in [2.75, 3.05) is 19.6 Å². The Balaban J connectivity index is 0.00000144. The third-order valence-electron chi connectivity index (χ3n) is 2.52. The van der Waals surface area contributed by atoms with Crippen molar-refractivity contribution in [1.29, 1.82) is 0 Å². The van der Waals surface area contributed by atoms with E-state index in [0.717, 1.165) is 18.0 Å². The summed E-state index contributed by atoms with van der Waals surface area (Å²) in [7, 11) is 0. The molecule has 0 radical (unpaired) electrons. The van der Waals surface area contributed by atoms with Crippen LogP contribution in [0.2, 0.25) is 4.47 Å². The first-order chi connectivity index (χ1) is 7.66. The van der Waals surface area contributed by atoms with Crippen LogP contribution in [0.4, 0.5) is 0 Å². The van der Waals surface area contributed by atoms with Crippen molar-refractivity contribution in [1.82, 2.24) is 15.2 Å². The SMILES string of the molecule is Cl.O=C(O)C1CNCCN1Cc1cnc(Cl)s1. The molecule has 1 fully saturated rings. The van der Waals surface area contributed by atoms with Crippen LogP contribution < -0.4 is 5.32 Å². The Morgan fingerprint density at radius 1 is 1.76 bits per heavy atom. The molecule has 17 heavy (non-hydrogen) atoms. The van der Waals surface area contributed by atoms with E-state index in [2.05, 4.69) is 10.3 Å². The fourth-order valence-electron chi connectivity index (χ4n) is 1.74. The summed E-state index contributed by atoms with van der Waals surface area (Å²) >= 11 is 7.13. The van der Waals surface area contributed by atoms with Crippen LogP contribution in [0.15, 0.2) is 6.20 Å². The van der Waals surface area contributed by atoms with Gasteiger partial charge >= 0.3 is 5.97 Å². The highest BCUT2D eigenvalue weighted by Crippen LogP contribution is 2.20. The number of carboxylic acid groups (broad SMARTS) is 1. The Kier molecular flexibility index (Phi) is 5.61. The second-order valence-electron chi connectivity index (χ2n) is 3.61. The third kappa shape index (κ3) is 3.79. The number of aliphatic carboxylic acids is 1. The highest BCUT2D eigenvalue weighted by molar-refractivity contribution is 7.15. The number of aromatic nitrogens is 1. The van der Waals surface area contributed by atoms with E-state index in [-0.39, 0.29) is 12.4 Å². The minimum Gasteiger partial charge on any atom is -0.480 e. The molecular weight excluding hydrogens is 285 g/mol. The van der Waals surface area contributed by atoms with Gasteiger partial charge in [0.1, 0.15) is 6.04 Å². The number of carbonyl (C=O) groups is 1. The minimum atomic E-state index is -0.789. The monoisotopic (exact) mass is 297 g/mol. The number of hydrogen-bond acceptors (Lipinski definition) is 5. The van der Waals surface area contributed by atoms with Crippen molar-refractivity contribution >= 4 is 41.3 Å². The first-order valence-corrected chi connectivity index (χ1v) is 6.14. The van der Waals surface area contributed by atoms with Gasteiger partial charge in [-0.05, 0) is 0 Å². The average Bonchev–Trinajstić information content (AvgIpc) is 2.64. The molecule has 0 aliphatic carbocycles. The fraction of sp³-hybridized carbons (Fsp3) is 0.556. The van der Waals surface area contributed by atoms with Crippen LogP contribution in [0.5, 0.6) is 0 Å². The zero-order valence-corrected chi connectivity index (χ0v) is 11.3. The van der Waals surface area contributed by atoms with Gasteiger partial charge in [-0.1, -0.05) is 11.6 Å². The maximum atomic E-state index is 11.0. The van der Waals surface area contributed by atoms with Gasteiger partial charge in [0.15, 0.2) is 4.47 Å². The maximum Gasteiger partial charge on any atom is 0.322 e. The van der Waals surface area contributed by atoms with E-state index in [1.807, 2.05) is 4.90 Å². The molecule has 1 atom stereocenters. The number of carboxylic acids is 1. The second-order valence-corrected chi connectivity index (χ2v) is 5.31. The lowest BCUT2D eigenvalue weighted by molar-refractivity contribution is -0.144. The topological polar surface area (TPSA) is 65.5 Å². The highest BCUT2D eigenvalue weighted by atomic mass is 35.5. The van der Waals surface area contributed by atoms with Gasteiger partial charge in [-0.2, -0.15) is 0 Å². The van der Waals surface area contributed by atoms with Crippen molar-refractivity contribution in [3.63, 3.8) is 0 Å². The van der Waals surface area contributed by atoms with Gasteiger partial charge in [0.2, 0.25) is 0 Å². The molecule has 1 aliphatic heterocycles. The molecule has 1 aromatic heterocycles. The summed E-state index contributed by atoms with van der Waals surface area (Å²) in [6, 6.07) is -0.463. The van der Waals surface area contributed by atoms with Gasteiger partial charge in [0, 0.05) is 37.3 Å². The standard InChI is InChI=1S/C9H12ClN3O2S.ClH/c10-9-12-3-6(16-9)5-13-2-1-11-4-7(13)8(14)15;/h3,7,11H,1-2,4-5H2,(H,14,15);1H. The van der Waals surface area contributed by atoms with Crippen molar-refractivity contribution < 1.29 is 9.90 Å². The molecule has 0 amide bonds. The summed E-state index contributed by atoms with van der Waals surface area (Å²) in [4.78, 5) is 17.9. The molecule has 2 heterocycles. The van der Waals surface area contributed by atoms with Crippen LogP contribution >= 0.6 is 35.3 Å². The smallest absolute Gasteiger partial charge is 0.322 e. The molecular formula is C9H13Cl2N3O2S. The number of thiazole rings is 1. The molecule has 0 spiro atoms. The molecule has 0 saturated carbocycles. The van der Waals surface area contributed by atoms with Gasteiger partial charge < -0.3 is 10.4 Å². The van der Waals surface area contributed by atoms with E-state index < -0.39 is 12.0 Å². The Morgan fingerprint density at radius 2 is 2.53 bits per heavy atom. The van der Waals surface area contributed by atoms with Crippen LogP contribution in [0.3, 0.4) is 0 Å². The van der Waals surface area contributed by atoms with Gasteiger partial charge in [0.05, 0.1) is 0 Å². The number of halogens is 2. The molecule has 8 heteroatoms. The number of hydrogen-bond donors (Lipinski definition) is 2. The van der Waals surface area contributed by atoms with Gasteiger partial charge in [-0.15, -0.1) is 23.7 Å². The Hall–Kier alpha value is -0.400. The predicted molar refractivity (Wildman–Crippen MR) is 69.1 cm³/mol. The lowest BCUT2D eigenvalue weighted by Gasteiger charge is -2.32. The fourth-order valence-corrected chi connectivity index (χ4v) is 2.74. The number of nitrogens with one attached hydrogen (secondary N) is 1. The summed E-state index contributed by atoms with van der Waals surface area (Å²) in [6.45, 7) is 2.63. The molecule has 96 valence electrons.